The Morgan fingerprint density at radius 1 is 1.47 bits per heavy atom. The van der Waals surface area contributed by atoms with E-state index in [4.69, 9.17) is 9.84 Å². The van der Waals surface area contributed by atoms with E-state index >= 15 is 0 Å². The highest BCUT2D eigenvalue weighted by atomic mass is 32.2. The molecule has 1 aromatic rings. The Balaban J connectivity index is 0.000000423. The van der Waals surface area contributed by atoms with Crippen molar-refractivity contribution in [2.24, 2.45) is 0 Å². The molecule has 1 N–H and O–H groups in total. The molecule has 0 heterocycles. The zero-order valence-corrected chi connectivity index (χ0v) is 9.71. The van der Waals surface area contributed by atoms with Crippen molar-refractivity contribution in [1.29, 1.82) is 0 Å². The lowest BCUT2D eigenvalue weighted by molar-refractivity contribution is 0.0696. The van der Waals surface area contributed by atoms with E-state index in [1.807, 2.05) is 0 Å². The van der Waals surface area contributed by atoms with Crippen LogP contribution in [0.4, 0.5) is 0 Å². The SMILES string of the molecule is COc1cccc(C(=O)O)c1.C[S+](C)[O-]. The molecule has 0 saturated heterocycles. The summed E-state index contributed by atoms with van der Waals surface area (Å²) in [5.74, 6) is -0.381. The minimum Gasteiger partial charge on any atom is -0.617 e. The van der Waals surface area contributed by atoms with Crippen molar-refractivity contribution >= 4 is 17.1 Å². The third kappa shape index (κ3) is 6.82. The van der Waals surface area contributed by atoms with Crippen LogP contribution in [0.2, 0.25) is 0 Å². The van der Waals surface area contributed by atoms with Gasteiger partial charge in [-0.1, -0.05) is 17.2 Å². The van der Waals surface area contributed by atoms with Crippen molar-refractivity contribution in [1.82, 2.24) is 0 Å². The summed E-state index contributed by atoms with van der Waals surface area (Å²) in [5, 5.41) is 8.55. The number of ether oxygens (including phenoxy) is 1. The number of methoxy groups -OCH3 is 1. The Labute approximate surface area is 92.1 Å². The topological polar surface area (TPSA) is 69.6 Å². The van der Waals surface area contributed by atoms with E-state index < -0.39 is 17.1 Å². The highest BCUT2D eigenvalue weighted by Crippen LogP contribution is 2.11. The minimum atomic E-state index is -0.941. The van der Waals surface area contributed by atoms with Gasteiger partial charge in [-0.05, 0) is 18.2 Å². The molecule has 0 saturated carbocycles. The van der Waals surface area contributed by atoms with E-state index in [0.29, 0.717) is 5.75 Å². The Bertz CT molecular complexity index is 309. The molecule has 0 aromatic heterocycles. The third-order valence-corrected chi connectivity index (χ3v) is 1.32. The number of carbonyl (C=O) groups is 1. The second-order valence-electron chi connectivity index (χ2n) is 2.78. The van der Waals surface area contributed by atoms with Crippen LogP contribution in [0.3, 0.4) is 0 Å². The molecule has 0 bridgehead atoms. The van der Waals surface area contributed by atoms with Gasteiger partial charge in [0.1, 0.15) is 5.75 Å². The first-order chi connectivity index (χ1) is 6.97. The standard InChI is InChI=1S/C8H8O3.C2H6OS/c1-11-7-4-2-3-6(5-7)8(9)10;1-4(2)3/h2-5H,1H3,(H,9,10);1-2H3. The quantitative estimate of drug-likeness (QED) is 0.779. The molecule has 0 aliphatic heterocycles. The maximum absolute atomic E-state index is 10.4. The number of hydrogen-bond donors (Lipinski definition) is 1. The van der Waals surface area contributed by atoms with Gasteiger partial charge in [-0.15, -0.1) is 0 Å². The Hall–Kier alpha value is -1.20. The summed E-state index contributed by atoms with van der Waals surface area (Å²) in [4.78, 5) is 10.4. The van der Waals surface area contributed by atoms with Crippen LogP contribution in [0.1, 0.15) is 10.4 Å². The summed E-state index contributed by atoms with van der Waals surface area (Å²) in [6.45, 7) is 0. The summed E-state index contributed by atoms with van der Waals surface area (Å²) >= 11 is -0.611. The zero-order chi connectivity index (χ0) is 11.8. The highest BCUT2D eigenvalue weighted by molar-refractivity contribution is 7.89. The summed E-state index contributed by atoms with van der Waals surface area (Å²) in [7, 11) is 1.50. The predicted octanol–water partition coefficient (Wildman–Crippen LogP) is 1.39. The van der Waals surface area contributed by atoms with E-state index in [1.54, 1.807) is 24.6 Å². The summed E-state index contributed by atoms with van der Waals surface area (Å²) < 4.78 is 14.4. The van der Waals surface area contributed by atoms with Crippen LogP contribution >= 0.6 is 0 Å². The molecule has 1 rings (SSSR count). The average Bonchev–Trinajstić information content (AvgIpc) is 2.17. The van der Waals surface area contributed by atoms with Crippen LogP contribution in [0.25, 0.3) is 0 Å². The largest absolute Gasteiger partial charge is 0.617 e. The van der Waals surface area contributed by atoms with Crippen molar-refractivity contribution in [3.63, 3.8) is 0 Å². The lowest BCUT2D eigenvalue weighted by atomic mass is 10.2. The van der Waals surface area contributed by atoms with E-state index in [9.17, 15) is 9.35 Å². The lowest BCUT2D eigenvalue weighted by Crippen LogP contribution is -1.95. The smallest absolute Gasteiger partial charge is 0.335 e. The fraction of sp³-hybridized carbons (Fsp3) is 0.300. The first-order valence-electron chi connectivity index (χ1n) is 4.09. The zero-order valence-electron chi connectivity index (χ0n) is 8.89. The number of carboxylic acid groups (broad SMARTS) is 1. The molecule has 84 valence electrons. The van der Waals surface area contributed by atoms with Crippen LogP contribution in [0.15, 0.2) is 24.3 Å². The molecule has 0 unspecified atom stereocenters. The Morgan fingerprint density at radius 2 is 2.00 bits per heavy atom. The maximum Gasteiger partial charge on any atom is 0.335 e. The van der Waals surface area contributed by atoms with Crippen LogP contribution in [0.5, 0.6) is 5.75 Å². The number of benzene rings is 1. The summed E-state index contributed by atoms with van der Waals surface area (Å²) in [6.07, 6.45) is 3.28. The molecular weight excluding hydrogens is 216 g/mol. The van der Waals surface area contributed by atoms with Crippen LogP contribution < -0.4 is 4.74 Å². The molecule has 4 nitrogen and oxygen atoms in total. The van der Waals surface area contributed by atoms with Gasteiger partial charge in [0.05, 0.1) is 25.2 Å². The van der Waals surface area contributed by atoms with Gasteiger partial charge < -0.3 is 14.4 Å². The maximum atomic E-state index is 10.4. The lowest BCUT2D eigenvalue weighted by Gasteiger charge is -1.98. The van der Waals surface area contributed by atoms with Crippen LogP contribution in [-0.4, -0.2) is 35.2 Å². The van der Waals surface area contributed by atoms with Gasteiger partial charge in [0.2, 0.25) is 0 Å². The molecule has 0 amide bonds. The molecule has 0 atom stereocenters. The van der Waals surface area contributed by atoms with Crippen LogP contribution in [0, 0.1) is 0 Å². The van der Waals surface area contributed by atoms with Crippen molar-refractivity contribution in [2.45, 2.75) is 0 Å². The van der Waals surface area contributed by atoms with Gasteiger partial charge in [0.15, 0.2) is 0 Å². The van der Waals surface area contributed by atoms with Crippen LogP contribution in [-0.2, 0) is 11.2 Å². The van der Waals surface area contributed by atoms with Crippen molar-refractivity contribution < 1.29 is 19.2 Å². The molecular formula is C10H14O4S. The van der Waals surface area contributed by atoms with E-state index in [-0.39, 0.29) is 5.56 Å². The molecule has 15 heavy (non-hydrogen) atoms. The van der Waals surface area contributed by atoms with Gasteiger partial charge in [-0.25, -0.2) is 4.79 Å². The molecule has 0 radical (unpaired) electrons. The van der Waals surface area contributed by atoms with Crippen molar-refractivity contribution in [3.8, 4) is 5.75 Å². The number of carboxylic acids is 1. The average molecular weight is 230 g/mol. The number of hydrogen-bond acceptors (Lipinski definition) is 3. The molecule has 0 aliphatic carbocycles. The highest BCUT2D eigenvalue weighted by Gasteiger charge is 2.01. The summed E-state index contributed by atoms with van der Waals surface area (Å²) in [6, 6.07) is 6.34. The predicted molar refractivity (Wildman–Crippen MR) is 59.9 cm³/mol. The molecule has 5 heteroatoms. The first kappa shape index (κ1) is 13.8. The van der Waals surface area contributed by atoms with Gasteiger partial charge in [-0.3, -0.25) is 0 Å². The van der Waals surface area contributed by atoms with Gasteiger partial charge >= 0.3 is 5.97 Å². The number of rotatable bonds is 2. The first-order valence-corrected chi connectivity index (χ1v) is 6.06. The molecule has 0 fully saturated rings. The fourth-order valence-corrected chi connectivity index (χ4v) is 0.756. The van der Waals surface area contributed by atoms with Crippen molar-refractivity contribution in [2.75, 3.05) is 19.6 Å². The number of aromatic carboxylic acids is 1. The monoisotopic (exact) mass is 230 g/mol. The minimum absolute atomic E-state index is 0.240. The Morgan fingerprint density at radius 3 is 2.40 bits per heavy atom. The van der Waals surface area contributed by atoms with Gasteiger partial charge in [0, 0.05) is 0 Å². The summed E-state index contributed by atoms with van der Waals surface area (Å²) in [5.41, 5.74) is 0.240. The van der Waals surface area contributed by atoms with Gasteiger partial charge in [0.25, 0.3) is 0 Å². The Kier molecular flexibility index (Phi) is 6.57. The van der Waals surface area contributed by atoms with Gasteiger partial charge in [-0.2, -0.15) is 0 Å². The molecule has 1 aromatic carbocycles. The van der Waals surface area contributed by atoms with Crippen molar-refractivity contribution in [3.05, 3.63) is 29.8 Å². The van der Waals surface area contributed by atoms with E-state index in [1.165, 1.54) is 19.2 Å². The molecule has 0 spiro atoms. The van der Waals surface area contributed by atoms with E-state index in [0.717, 1.165) is 0 Å². The normalized spacial score (nSPS) is 9.13. The molecule has 0 aliphatic rings. The second kappa shape index (κ2) is 7.14. The fourth-order valence-electron chi connectivity index (χ4n) is 0.756. The second-order valence-corrected chi connectivity index (χ2v) is 4.26. The third-order valence-electron chi connectivity index (χ3n) is 1.32. The van der Waals surface area contributed by atoms with E-state index in [2.05, 4.69) is 0 Å².